The van der Waals surface area contributed by atoms with Crippen LogP contribution in [0.1, 0.15) is 41.9 Å². The average molecular weight is 418 g/mol. The lowest BCUT2D eigenvalue weighted by Crippen LogP contribution is -2.37. The fraction of sp³-hybridized carbons (Fsp3) is 0.333. The van der Waals surface area contributed by atoms with E-state index in [1.54, 1.807) is 41.8 Å². The van der Waals surface area contributed by atoms with Crippen LogP contribution in [0.25, 0.3) is 16.6 Å². The van der Waals surface area contributed by atoms with Crippen molar-refractivity contribution in [3.63, 3.8) is 0 Å². The molecule has 0 atom stereocenters. The maximum atomic E-state index is 12.9. The van der Waals surface area contributed by atoms with Gasteiger partial charge in [0.1, 0.15) is 5.82 Å². The molecule has 0 saturated heterocycles. The van der Waals surface area contributed by atoms with Gasteiger partial charge in [0.2, 0.25) is 5.91 Å². The largest absolute Gasteiger partial charge is 0.354 e. The molecule has 1 aromatic heterocycles. The summed E-state index contributed by atoms with van der Waals surface area (Å²) < 4.78 is 1.54. The summed E-state index contributed by atoms with van der Waals surface area (Å²) in [6, 6.07) is 14.1. The zero-order chi connectivity index (χ0) is 21.8. The van der Waals surface area contributed by atoms with Crippen molar-refractivity contribution in [1.82, 2.24) is 20.2 Å². The molecule has 1 aliphatic carbocycles. The highest BCUT2D eigenvalue weighted by atomic mass is 16.2. The number of carbonyl (C=O) groups excluding carboxylic acids is 2. The van der Waals surface area contributed by atoms with Crippen molar-refractivity contribution in [2.24, 2.45) is 5.92 Å². The standard InChI is InChI=1S/C24H26N4O3/c1-16-27-21-9-5-4-8-20(21)24(31)28(16)19-12-10-18(11-13-19)23(30)26-15-14-25-22(29)17-6-2-3-7-17/h4-5,8-13,17H,2-3,6-7,14-15H2,1H3,(H,25,29)(H,26,30). The maximum Gasteiger partial charge on any atom is 0.265 e. The zero-order valence-electron chi connectivity index (χ0n) is 17.6. The van der Waals surface area contributed by atoms with Gasteiger partial charge in [-0.3, -0.25) is 19.0 Å². The third kappa shape index (κ3) is 4.50. The summed E-state index contributed by atoms with van der Waals surface area (Å²) in [5.74, 6) is 0.571. The fourth-order valence-electron chi connectivity index (χ4n) is 4.11. The third-order valence-corrected chi connectivity index (χ3v) is 5.77. The van der Waals surface area contributed by atoms with Gasteiger partial charge >= 0.3 is 0 Å². The first kappa shape index (κ1) is 20.8. The van der Waals surface area contributed by atoms with Gasteiger partial charge in [-0.2, -0.15) is 0 Å². The minimum absolute atomic E-state index is 0.0842. The molecule has 1 fully saturated rings. The molecule has 0 bridgehead atoms. The van der Waals surface area contributed by atoms with Crippen LogP contribution in [-0.4, -0.2) is 34.5 Å². The van der Waals surface area contributed by atoms with E-state index >= 15 is 0 Å². The molecule has 3 aromatic rings. The lowest BCUT2D eigenvalue weighted by Gasteiger charge is -2.12. The van der Waals surface area contributed by atoms with Crippen molar-refractivity contribution < 1.29 is 9.59 Å². The van der Waals surface area contributed by atoms with Crippen molar-refractivity contribution in [1.29, 1.82) is 0 Å². The highest BCUT2D eigenvalue weighted by Gasteiger charge is 2.22. The summed E-state index contributed by atoms with van der Waals surface area (Å²) in [5, 5.41) is 6.26. The van der Waals surface area contributed by atoms with Crippen LogP contribution in [0.5, 0.6) is 0 Å². The monoisotopic (exact) mass is 418 g/mol. The highest BCUT2D eigenvalue weighted by Crippen LogP contribution is 2.24. The number of hydrogen-bond acceptors (Lipinski definition) is 4. The number of hydrogen-bond donors (Lipinski definition) is 2. The number of amides is 2. The van der Waals surface area contributed by atoms with Crippen LogP contribution < -0.4 is 16.2 Å². The van der Waals surface area contributed by atoms with Crippen LogP contribution in [0.3, 0.4) is 0 Å². The van der Waals surface area contributed by atoms with Gasteiger partial charge in [-0.25, -0.2) is 4.98 Å². The Hall–Kier alpha value is -3.48. The summed E-state index contributed by atoms with van der Waals surface area (Å²) in [7, 11) is 0. The molecule has 160 valence electrons. The van der Waals surface area contributed by atoms with Gasteiger partial charge < -0.3 is 10.6 Å². The van der Waals surface area contributed by atoms with Gasteiger partial charge in [0.25, 0.3) is 11.5 Å². The van der Waals surface area contributed by atoms with Gasteiger partial charge in [-0.05, 0) is 56.2 Å². The van der Waals surface area contributed by atoms with E-state index in [1.807, 2.05) is 18.2 Å². The number of carbonyl (C=O) groups is 2. The molecule has 2 amide bonds. The van der Waals surface area contributed by atoms with Crippen molar-refractivity contribution in [2.45, 2.75) is 32.6 Å². The number of para-hydroxylation sites is 1. The van der Waals surface area contributed by atoms with Crippen LogP contribution in [-0.2, 0) is 4.79 Å². The molecule has 0 unspecified atom stereocenters. The topological polar surface area (TPSA) is 93.1 Å². The van der Waals surface area contributed by atoms with E-state index in [-0.39, 0.29) is 23.3 Å². The second-order valence-corrected chi connectivity index (χ2v) is 7.89. The van der Waals surface area contributed by atoms with Gasteiger partial charge in [0.05, 0.1) is 16.6 Å². The Morgan fingerprint density at radius 2 is 1.68 bits per heavy atom. The van der Waals surface area contributed by atoms with E-state index in [2.05, 4.69) is 15.6 Å². The first-order chi connectivity index (χ1) is 15.0. The Balaban J connectivity index is 1.39. The number of nitrogens with zero attached hydrogens (tertiary/aromatic N) is 2. The molecular weight excluding hydrogens is 392 g/mol. The molecular formula is C24H26N4O3. The molecule has 1 heterocycles. The van der Waals surface area contributed by atoms with E-state index in [9.17, 15) is 14.4 Å². The Kier molecular flexibility index (Phi) is 6.11. The molecule has 0 radical (unpaired) electrons. The smallest absolute Gasteiger partial charge is 0.265 e. The minimum Gasteiger partial charge on any atom is -0.354 e. The molecule has 1 aliphatic rings. The number of nitrogens with one attached hydrogen (secondary N) is 2. The van der Waals surface area contributed by atoms with Crippen LogP contribution in [0.4, 0.5) is 0 Å². The first-order valence-corrected chi connectivity index (χ1v) is 10.7. The number of aromatic nitrogens is 2. The van der Waals surface area contributed by atoms with E-state index < -0.39 is 0 Å². The lowest BCUT2D eigenvalue weighted by atomic mass is 10.1. The number of rotatable bonds is 6. The summed E-state index contributed by atoms with van der Waals surface area (Å²) >= 11 is 0. The van der Waals surface area contributed by atoms with Crippen molar-refractivity contribution in [3.05, 3.63) is 70.3 Å². The highest BCUT2D eigenvalue weighted by molar-refractivity contribution is 5.94. The molecule has 1 saturated carbocycles. The number of benzene rings is 2. The van der Waals surface area contributed by atoms with Crippen LogP contribution in [0, 0.1) is 12.8 Å². The van der Waals surface area contributed by atoms with E-state index in [1.165, 1.54) is 0 Å². The van der Waals surface area contributed by atoms with Crippen molar-refractivity contribution >= 4 is 22.7 Å². The summed E-state index contributed by atoms with van der Waals surface area (Å²) in [6.45, 7) is 2.57. The van der Waals surface area contributed by atoms with E-state index in [0.29, 0.717) is 41.1 Å². The van der Waals surface area contributed by atoms with Crippen LogP contribution in [0.15, 0.2) is 53.3 Å². The summed E-state index contributed by atoms with van der Waals surface area (Å²) in [5.41, 5.74) is 1.67. The van der Waals surface area contributed by atoms with Crippen LogP contribution in [0.2, 0.25) is 0 Å². The van der Waals surface area contributed by atoms with E-state index in [0.717, 1.165) is 25.7 Å². The van der Waals surface area contributed by atoms with E-state index in [4.69, 9.17) is 0 Å². The molecule has 2 N–H and O–H groups in total. The molecule has 31 heavy (non-hydrogen) atoms. The average Bonchev–Trinajstić information content (AvgIpc) is 3.32. The number of fused-ring (bicyclic) bond motifs is 1. The normalized spacial score (nSPS) is 14.0. The predicted octanol–water partition coefficient (Wildman–Crippen LogP) is 2.73. The van der Waals surface area contributed by atoms with Gasteiger partial charge in [0, 0.05) is 24.6 Å². The quantitative estimate of drug-likeness (QED) is 0.602. The molecule has 4 rings (SSSR count). The lowest BCUT2D eigenvalue weighted by molar-refractivity contribution is -0.124. The number of aryl methyl sites for hydroxylation is 1. The molecule has 7 nitrogen and oxygen atoms in total. The fourth-order valence-corrected chi connectivity index (χ4v) is 4.11. The SMILES string of the molecule is Cc1nc2ccccc2c(=O)n1-c1ccc(C(=O)NCCNC(=O)C2CCCC2)cc1. The predicted molar refractivity (Wildman–Crippen MR) is 119 cm³/mol. The Bertz CT molecular complexity index is 1160. The Labute approximate surface area is 180 Å². The second-order valence-electron chi connectivity index (χ2n) is 7.89. The van der Waals surface area contributed by atoms with Gasteiger partial charge in [0.15, 0.2) is 0 Å². The third-order valence-electron chi connectivity index (χ3n) is 5.77. The first-order valence-electron chi connectivity index (χ1n) is 10.7. The Morgan fingerprint density at radius 1 is 1.00 bits per heavy atom. The minimum atomic E-state index is -0.220. The molecule has 2 aromatic carbocycles. The summed E-state index contributed by atoms with van der Waals surface area (Å²) in [4.78, 5) is 41.8. The summed E-state index contributed by atoms with van der Waals surface area (Å²) in [6.07, 6.45) is 4.15. The maximum absolute atomic E-state index is 12.9. The van der Waals surface area contributed by atoms with Crippen molar-refractivity contribution in [3.8, 4) is 5.69 Å². The Morgan fingerprint density at radius 3 is 2.42 bits per heavy atom. The van der Waals surface area contributed by atoms with Gasteiger partial charge in [-0.1, -0.05) is 25.0 Å². The van der Waals surface area contributed by atoms with Crippen molar-refractivity contribution in [2.75, 3.05) is 13.1 Å². The molecule has 0 aliphatic heterocycles. The zero-order valence-corrected chi connectivity index (χ0v) is 17.6. The van der Waals surface area contributed by atoms with Crippen LogP contribution >= 0.6 is 0 Å². The molecule has 0 spiro atoms. The molecule has 7 heteroatoms. The van der Waals surface area contributed by atoms with Gasteiger partial charge in [-0.15, -0.1) is 0 Å². The second kappa shape index (κ2) is 9.12.